The summed E-state index contributed by atoms with van der Waals surface area (Å²) in [7, 11) is 0. The number of nitrogens with one attached hydrogen (secondary N) is 1. The predicted octanol–water partition coefficient (Wildman–Crippen LogP) is 24.7. The third-order valence-electron chi connectivity index (χ3n) is 16.0. The highest BCUT2D eigenvalue weighted by molar-refractivity contribution is 5.76. The summed E-state index contributed by atoms with van der Waals surface area (Å²) in [5, 5.41) is 23.5. The molecule has 1 amide bonds. The molecule has 472 valence electrons. The van der Waals surface area contributed by atoms with Crippen LogP contribution in [0, 0.1) is 0 Å². The Bertz CT molecular complexity index is 1570. The van der Waals surface area contributed by atoms with Gasteiger partial charge in [0.15, 0.2) is 0 Å². The number of amides is 1. The van der Waals surface area contributed by atoms with Crippen LogP contribution in [-0.4, -0.2) is 34.9 Å². The van der Waals surface area contributed by atoms with Crippen LogP contribution in [0.15, 0.2) is 122 Å². The van der Waals surface area contributed by atoms with E-state index in [-0.39, 0.29) is 12.5 Å². The minimum absolute atomic E-state index is 0.0401. The van der Waals surface area contributed by atoms with Gasteiger partial charge in [-0.1, -0.05) is 373 Å². The fourth-order valence-corrected chi connectivity index (χ4v) is 10.6. The van der Waals surface area contributed by atoms with Crippen LogP contribution < -0.4 is 5.32 Å². The van der Waals surface area contributed by atoms with Crippen molar-refractivity contribution in [3.63, 3.8) is 0 Å². The molecule has 0 aromatic carbocycles. The number of hydrogen-bond acceptors (Lipinski definition) is 3. The first-order chi connectivity index (χ1) is 40.7. The highest BCUT2D eigenvalue weighted by atomic mass is 16.3. The van der Waals surface area contributed by atoms with Gasteiger partial charge in [0, 0.05) is 6.42 Å². The average molecular weight is 1140 g/mol. The first-order valence-corrected chi connectivity index (χ1v) is 35.7. The topological polar surface area (TPSA) is 69.6 Å². The Hall–Kier alpha value is -3.21. The molecule has 4 heteroatoms. The van der Waals surface area contributed by atoms with E-state index in [1.807, 2.05) is 0 Å². The summed E-state index contributed by atoms with van der Waals surface area (Å²) in [6.45, 7) is 4.27. The zero-order chi connectivity index (χ0) is 59.1. The standard InChI is InChI=1S/C78H137NO3/c1-3-5-7-9-11-13-15-17-19-21-23-25-27-29-31-33-35-36-37-38-39-40-41-42-44-46-48-50-52-54-56-58-60-62-64-66-68-70-72-74-78(82)79-76(75-80)77(81)73-71-69-67-65-63-61-59-57-55-53-51-49-47-45-43-34-32-30-28-26-24-22-20-18-16-14-12-10-8-6-4-2/h5,7,11,13,17,19,23,25,29,31,35-36,38-39,41-42,46,48,52,54,76-77,80-81H,3-4,6,8-10,12,14-16,18,20-22,24,26-28,30,32-34,37,40,43-45,47,49-51,53,55-75H2,1-2H3,(H,79,82)/b7-5-,13-11-,19-17-,25-23-,31-29-,36-35-,39-38-,42-41-,48-46-,54-52-. The van der Waals surface area contributed by atoms with Crippen LogP contribution in [-0.2, 0) is 4.79 Å². The number of aliphatic hydroxyl groups is 2. The van der Waals surface area contributed by atoms with Gasteiger partial charge >= 0.3 is 0 Å². The Morgan fingerprint density at radius 1 is 0.305 bits per heavy atom. The van der Waals surface area contributed by atoms with Crippen molar-refractivity contribution in [2.75, 3.05) is 6.61 Å². The monoisotopic (exact) mass is 1140 g/mol. The zero-order valence-electron chi connectivity index (χ0n) is 54.5. The molecule has 0 saturated heterocycles. The minimum Gasteiger partial charge on any atom is -0.394 e. The van der Waals surface area contributed by atoms with Gasteiger partial charge in [0.1, 0.15) is 0 Å². The van der Waals surface area contributed by atoms with Crippen molar-refractivity contribution in [1.29, 1.82) is 0 Å². The quantitative estimate of drug-likeness (QED) is 0.0420. The van der Waals surface area contributed by atoms with Crippen LogP contribution in [0.5, 0.6) is 0 Å². The Balaban J connectivity index is 3.53. The van der Waals surface area contributed by atoms with Crippen LogP contribution in [0.1, 0.15) is 348 Å². The molecule has 0 aliphatic rings. The number of allylic oxidation sites excluding steroid dienone is 20. The smallest absolute Gasteiger partial charge is 0.220 e. The van der Waals surface area contributed by atoms with Crippen molar-refractivity contribution in [3.05, 3.63) is 122 Å². The summed E-state index contributed by atoms with van der Waals surface area (Å²) in [6, 6.07) is -0.551. The van der Waals surface area contributed by atoms with Crippen molar-refractivity contribution in [2.45, 2.75) is 360 Å². The fraction of sp³-hybridized carbons (Fsp3) is 0.731. The SMILES string of the molecule is CC/C=C\C/C=C\C/C=C\C/C=C\C/C=C\C/C=C\C/C=C\C/C=C\C/C=C\C/C=C\CCCCCCCCCCC(=O)NC(CO)C(O)CCCCCCCCCCCCCCCCCCCCCCCCCCCCCCCCC. The number of unbranched alkanes of at least 4 members (excludes halogenated alkanes) is 38. The van der Waals surface area contributed by atoms with Crippen LogP contribution in [0.25, 0.3) is 0 Å². The normalized spacial score (nSPS) is 13.5. The van der Waals surface area contributed by atoms with Crippen LogP contribution in [0.4, 0.5) is 0 Å². The molecule has 0 heterocycles. The van der Waals surface area contributed by atoms with Gasteiger partial charge in [-0.15, -0.1) is 0 Å². The van der Waals surface area contributed by atoms with Gasteiger partial charge in [0.05, 0.1) is 18.8 Å². The molecule has 0 fully saturated rings. The molecule has 0 aliphatic heterocycles. The molecule has 2 atom stereocenters. The van der Waals surface area contributed by atoms with Crippen molar-refractivity contribution in [3.8, 4) is 0 Å². The summed E-state index contributed by atoms with van der Waals surface area (Å²) < 4.78 is 0. The third kappa shape index (κ3) is 67.6. The van der Waals surface area contributed by atoms with E-state index in [0.29, 0.717) is 12.8 Å². The van der Waals surface area contributed by atoms with Crippen LogP contribution in [0.2, 0.25) is 0 Å². The first kappa shape index (κ1) is 78.8. The highest BCUT2D eigenvalue weighted by Crippen LogP contribution is 2.18. The maximum Gasteiger partial charge on any atom is 0.220 e. The van der Waals surface area contributed by atoms with E-state index < -0.39 is 12.1 Å². The molecule has 0 aromatic heterocycles. The predicted molar refractivity (Wildman–Crippen MR) is 368 cm³/mol. The number of carbonyl (C=O) groups is 1. The number of aliphatic hydroxyl groups excluding tert-OH is 2. The van der Waals surface area contributed by atoms with Gasteiger partial charge in [-0.25, -0.2) is 0 Å². The maximum atomic E-state index is 12.6. The minimum atomic E-state index is -0.673. The summed E-state index contributed by atoms with van der Waals surface area (Å²) in [5.74, 6) is -0.0401. The van der Waals surface area contributed by atoms with Gasteiger partial charge in [-0.2, -0.15) is 0 Å². The fourth-order valence-electron chi connectivity index (χ4n) is 10.6. The summed E-state index contributed by atoms with van der Waals surface area (Å²) in [5.41, 5.74) is 0. The molecule has 0 radical (unpaired) electrons. The molecule has 82 heavy (non-hydrogen) atoms. The molecule has 0 saturated carbocycles. The molecular formula is C78H137NO3. The lowest BCUT2D eigenvalue weighted by atomic mass is 10.0. The lowest BCUT2D eigenvalue weighted by molar-refractivity contribution is -0.123. The summed E-state index contributed by atoms with van der Waals surface area (Å²) >= 11 is 0. The van der Waals surface area contributed by atoms with Crippen molar-refractivity contribution >= 4 is 5.91 Å². The number of carbonyl (C=O) groups excluding carboxylic acids is 1. The van der Waals surface area contributed by atoms with E-state index >= 15 is 0 Å². The van der Waals surface area contributed by atoms with Crippen molar-refractivity contribution < 1.29 is 15.0 Å². The van der Waals surface area contributed by atoms with Crippen LogP contribution in [0.3, 0.4) is 0 Å². The lowest BCUT2D eigenvalue weighted by Gasteiger charge is -2.22. The Morgan fingerprint density at radius 3 is 0.805 bits per heavy atom. The van der Waals surface area contributed by atoms with E-state index in [9.17, 15) is 15.0 Å². The zero-order valence-corrected chi connectivity index (χ0v) is 54.5. The molecule has 0 rings (SSSR count). The molecule has 2 unspecified atom stereocenters. The second-order valence-electron chi connectivity index (χ2n) is 23.9. The maximum absolute atomic E-state index is 12.6. The molecule has 4 nitrogen and oxygen atoms in total. The third-order valence-corrected chi connectivity index (χ3v) is 16.0. The summed E-state index contributed by atoms with van der Waals surface area (Å²) in [6.07, 6.45) is 110. The van der Waals surface area contributed by atoms with E-state index in [2.05, 4.69) is 141 Å². The second-order valence-corrected chi connectivity index (χ2v) is 23.9. The molecular weight excluding hydrogens is 999 g/mol. The van der Waals surface area contributed by atoms with Crippen molar-refractivity contribution in [1.82, 2.24) is 5.32 Å². The highest BCUT2D eigenvalue weighted by Gasteiger charge is 2.20. The Morgan fingerprint density at radius 2 is 0.537 bits per heavy atom. The average Bonchev–Trinajstić information content (AvgIpc) is 3.50. The van der Waals surface area contributed by atoms with Gasteiger partial charge < -0.3 is 15.5 Å². The molecule has 3 N–H and O–H groups in total. The van der Waals surface area contributed by atoms with Crippen molar-refractivity contribution in [2.24, 2.45) is 0 Å². The Labute approximate surface area is 511 Å². The van der Waals surface area contributed by atoms with Gasteiger partial charge in [0.2, 0.25) is 5.91 Å². The number of hydrogen-bond donors (Lipinski definition) is 3. The van der Waals surface area contributed by atoms with E-state index in [4.69, 9.17) is 0 Å². The molecule has 0 spiro atoms. The molecule has 0 bridgehead atoms. The van der Waals surface area contributed by atoms with E-state index in [1.54, 1.807) is 0 Å². The Kier molecular flexibility index (Phi) is 69.2. The van der Waals surface area contributed by atoms with Crippen LogP contribution >= 0.6 is 0 Å². The van der Waals surface area contributed by atoms with Gasteiger partial charge in [-0.3, -0.25) is 4.79 Å². The first-order valence-electron chi connectivity index (χ1n) is 35.7. The van der Waals surface area contributed by atoms with E-state index in [1.165, 1.54) is 225 Å². The summed E-state index contributed by atoms with van der Waals surface area (Å²) in [4.78, 5) is 12.6. The lowest BCUT2D eigenvalue weighted by Crippen LogP contribution is -2.45. The largest absolute Gasteiger partial charge is 0.394 e. The molecule has 0 aromatic rings. The van der Waals surface area contributed by atoms with Gasteiger partial charge in [0.25, 0.3) is 0 Å². The van der Waals surface area contributed by atoms with E-state index in [0.717, 1.165) is 96.3 Å². The molecule has 0 aliphatic carbocycles. The number of rotatable bonds is 65. The van der Waals surface area contributed by atoms with Gasteiger partial charge in [-0.05, 0) is 89.9 Å². The second kappa shape index (κ2) is 72.1.